The third-order valence-electron chi connectivity index (χ3n) is 4.63. The Kier molecular flexibility index (Phi) is 6.53. The van der Waals surface area contributed by atoms with Crippen molar-refractivity contribution in [3.8, 4) is 5.69 Å². The van der Waals surface area contributed by atoms with Crippen molar-refractivity contribution in [2.45, 2.75) is 18.9 Å². The van der Waals surface area contributed by atoms with Crippen molar-refractivity contribution in [3.05, 3.63) is 83.8 Å². The fraction of sp³-hybridized carbons (Fsp3) is 0.190. The zero-order chi connectivity index (χ0) is 19.5. The molecule has 3 aromatic heterocycles. The van der Waals surface area contributed by atoms with Gasteiger partial charge in [-0.25, -0.2) is 9.07 Å². The van der Waals surface area contributed by atoms with Crippen molar-refractivity contribution in [1.82, 2.24) is 19.7 Å². The van der Waals surface area contributed by atoms with Crippen molar-refractivity contribution < 1.29 is 9.50 Å². The molecule has 6 nitrogen and oxygen atoms in total. The van der Waals surface area contributed by atoms with Crippen molar-refractivity contribution in [2.75, 3.05) is 6.61 Å². The number of pyridine rings is 2. The van der Waals surface area contributed by atoms with Crippen LogP contribution in [-0.4, -0.2) is 31.5 Å². The van der Waals surface area contributed by atoms with Gasteiger partial charge in [0, 0.05) is 36.7 Å². The van der Waals surface area contributed by atoms with Crippen LogP contribution in [0.4, 0.5) is 4.39 Å². The van der Waals surface area contributed by atoms with Crippen LogP contribution < -0.4 is 5.73 Å². The van der Waals surface area contributed by atoms with Crippen LogP contribution in [0.15, 0.2) is 60.9 Å². The van der Waals surface area contributed by atoms with E-state index in [-0.39, 0.29) is 31.1 Å². The molecule has 0 saturated heterocycles. The molecule has 0 saturated carbocycles. The predicted octanol–water partition coefficient (Wildman–Crippen LogP) is 3.15. The van der Waals surface area contributed by atoms with Crippen molar-refractivity contribution >= 4 is 23.3 Å². The first-order chi connectivity index (χ1) is 13.7. The number of aliphatic hydroxyl groups excluding tert-OH is 1. The molecule has 0 radical (unpaired) electrons. The summed E-state index contributed by atoms with van der Waals surface area (Å²) >= 11 is 0. The van der Waals surface area contributed by atoms with Crippen LogP contribution in [0.25, 0.3) is 16.6 Å². The van der Waals surface area contributed by atoms with Gasteiger partial charge in [-0.1, -0.05) is 18.2 Å². The van der Waals surface area contributed by atoms with Gasteiger partial charge in [-0.3, -0.25) is 9.97 Å². The van der Waals surface area contributed by atoms with Gasteiger partial charge in [0.15, 0.2) is 0 Å². The second-order valence-corrected chi connectivity index (χ2v) is 6.54. The van der Waals surface area contributed by atoms with Gasteiger partial charge < -0.3 is 10.8 Å². The highest BCUT2D eigenvalue weighted by atomic mass is 35.5. The summed E-state index contributed by atoms with van der Waals surface area (Å²) in [6.07, 6.45) is 4.01. The summed E-state index contributed by atoms with van der Waals surface area (Å²) in [5.74, 6) is -0.417. The number of hydrogen-bond donors (Lipinski definition) is 2. The average Bonchev–Trinajstić information content (AvgIpc) is 3.15. The van der Waals surface area contributed by atoms with Crippen LogP contribution in [0, 0.1) is 5.82 Å². The minimum absolute atomic E-state index is 0. The molecule has 0 spiro atoms. The molecule has 0 aliphatic heterocycles. The standard InChI is InChI=1S/C21H20FN5O.ClH/c22-16-8-7-15(9-11-28)26-18(16)12-17(23)21-20(6-3-10-24-21)27-19-5-2-1-4-14(19)13-25-27;/h1-8,10,13,17,28H,9,11-12,23H2;1H/t17-;/m0./s1. The monoisotopic (exact) mass is 413 g/mol. The van der Waals surface area contributed by atoms with E-state index in [1.54, 1.807) is 23.1 Å². The van der Waals surface area contributed by atoms with E-state index in [4.69, 9.17) is 10.8 Å². The predicted molar refractivity (Wildman–Crippen MR) is 112 cm³/mol. The molecular formula is C21H21ClFN5O. The van der Waals surface area contributed by atoms with Gasteiger partial charge in [0.1, 0.15) is 5.82 Å². The Bertz CT molecular complexity index is 1120. The van der Waals surface area contributed by atoms with Crippen LogP contribution in [0.2, 0.25) is 0 Å². The second kappa shape index (κ2) is 9.09. The highest BCUT2D eigenvalue weighted by Crippen LogP contribution is 2.24. The summed E-state index contributed by atoms with van der Waals surface area (Å²) in [6.45, 7) is -0.0408. The van der Waals surface area contributed by atoms with E-state index in [9.17, 15) is 4.39 Å². The molecule has 3 N–H and O–H groups in total. The lowest BCUT2D eigenvalue weighted by molar-refractivity contribution is 0.298. The molecule has 1 atom stereocenters. The van der Waals surface area contributed by atoms with E-state index < -0.39 is 11.9 Å². The summed E-state index contributed by atoms with van der Waals surface area (Å²) in [6, 6.07) is 14.0. The van der Waals surface area contributed by atoms with Crippen LogP contribution in [0.5, 0.6) is 0 Å². The molecule has 0 aliphatic carbocycles. The Morgan fingerprint density at radius 1 is 1.10 bits per heavy atom. The van der Waals surface area contributed by atoms with E-state index in [1.807, 2.05) is 36.4 Å². The van der Waals surface area contributed by atoms with E-state index in [0.717, 1.165) is 16.6 Å². The van der Waals surface area contributed by atoms with Gasteiger partial charge in [-0.15, -0.1) is 12.4 Å². The number of aromatic nitrogens is 4. The van der Waals surface area contributed by atoms with Crippen molar-refractivity contribution in [1.29, 1.82) is 0 Å². The van der Waals surface area contributed by atoms with E-state index in [0.29, 0.717) is 17.8 Å². The summed E-state index contributed by atoms with van der Waals surface area (Å²) in [5.41, 5.74) is 9.62. The molecule has 0 amide bonds. The highest BCUT2D eigenvalue weighted by molar-refractivity contribution is 5.85. The van der Waals surface area contributed by atoms with E-state index in [2.05, 4.69) is 15.1 Å². The molecule has 4 aromatic rings. The number of benzene rings is 1. The quantitative estimate of drug-likeness (QED) is 0.506. The summed E-state index contributed by atoms with van der Waals surface area (Å²) in [4.78, 5) is 8.75. The molecule has 1 aromatic carbocycles. The number of rotatable bonds is 6. The first kappa shape index (κ1) is 20.9. The normalized spacial score (nSPS) is 12.0. The van der Waals surface area contributed by atoms with Gasteiger partial charge in [0.2, 0.25) is 0 Å². The largest absolute Gasteiger partial charge is 0.396 e. The molecule has 0 unspecified atom stereocenters. The van der Waals surface area contributed by atoms with Gasteiger partial charge in [0.05, 0.1) is 34.8 Å². The third kappa shape index (κ3) is 4.27. The molecule has 3 heterocycles. The fourth-order valence-electron chi connectivity index (χ4n) is 3.27. The maximum absolute atomic E-state index is 14.2. The number of aliphatic hydroxyl groups is 1. The highest BCUT2D eigenvalue weighted by Gasteiger charge is 2.19. The van der Waals surface area contributed by atoms with Crippen LogP contribution >= 0.6 is 12.4 Å². The zero-order valence-electron chi connectivity index (χ0n) is 15.6. The molecule has 0 bridgehead atoms. The Hall–Kier alpha value is -2.87. The third-order valence-corrected chi connectivity index (χ3v) is 4.63. The Morgan fingerprint density at radius 3 is 2.76 bits per heavy atom. The summed E-state index contributed by atoms with van der Waals surface area (Å²) < 4.78 is 16.0. The van der Waals surface area contributed by atoms with E-state index >= 15 is 0 Å². The van der Waals surface area contributed by atoms with Crippen LogP contribution in [0.3, 0.4) is 0 Å². The molecule has 150 valence electrons. The van der Waals surface area contributed by atoms with Gasteiger partial charge in [-0.2, -0.15) is 5.10 Å². The maximum Gasteiger partial charge on any atom is 0.144 e. The summed E-state index contributed by atoms with van der Waals surface area (Å²) in [7, 11) is 0. The number of halogens is 2. The van der Waals surface area contributed by atoms with Gasteiger partial charge in [0.25, 0.3) is 0 Å². The fourth-order valence-corrected chi connectivity index (χ4v) is 3.27. The number of hydrogen-bond acceptors (Lipinski definition) is 5. The summed E-state index contributed by atoms with van der Waals surface area (Å²) in [5, 5.41) is 14.6. The molecule has 29 heavy (non-hydrogen) atoms. The van der Waals surface area contributed by atoms with Crippen molar-refractivity contribution in [3.63, 3.8) is 0 Å². The lowest BCUT2D eigenvalue weighted by atomic mass is 10.0. The number of nitrogens with two attached hydrogens (primary N) is 1. The molecule has 0 fully saturated rings. The SMILES string of the molecule is Cl.N[C@@H](Cc1nc(CCO)ccc1F)c1ncccc1-n1ncc2ccccc21. The second-order valence-electron chi connectivity index (χ2n) is 6.54. The molecule has 4 rings (SSSR count). The topological polar surface area (TPSA) is 89.9 Å². The molecule has 0 aliphatic rings. The average molecular weight is 414 g/mol. The Labute approximate surface area is 173 Å². The lowest BCUT2D eigenvalue weighted by Crippen LogP contribution is -2.19. The smallest absolute Gasteiger partial charge is 0.144 e. The Balaban J connectivity index is 0.00000240. The number of nitrogens with zero attached hydrogens (tertiary/aromatic N) is 4. The van der Waals surface area contributed by atoms with Gasteiger partial charge >= 0.3 is 0 Å². The number of para-hydroxylation sites is 1. The maximum atomic E-state index is 14.2. The molecular weight excluding hydrogens is 393 g/mol. The van der Waals surface area contributed by atoms with Gasteiger partial charge in [-0.05, 0) is 30.3 Å². The van der Waals surface area contributed by atoms with Crippen LogP contribution in [-0.2, 0) is 12.8 Å². The zero-order valence-corrected chi connectivity index (χ0v) is 16.4. The van der Waals surface area contributed by atoms with E-state index in [1.165, 1.54) is 6.07 Å². The first-order valence-corrected chi connectivity index (χ1v) is 9.06. The minimum Gasteiger partial charge on any atom is -0.396 e. The molecule has 8 heteroatoms. The Morgan fingerprint density at radius 2 is 1.93 bits per heavy atom. The first-order valence-electron chi connectivity index (χ1n) is 9.06. The van der Waals surface area contributed by atoms with Crippen molar-refractivity contribution in [2.24, 2.45) is 5.73 Å². The minimum atomic E-state index is -0.564. The number of fused-ring (bicyclic) bond motifs is 1. The van der Waals surface area contributed by atoms with Crippen LogP contribution in [0.1, 0.15) is 23.1 Å². The lowest BCUT2D eigenvalue weighted by Gasteiger charge is -2.16.